The van der Waals surface area contributed by atoms with E-state index in [-0.39, 0.29) is 23.5 Å². The number of amides is 1. The first-order chi connectivity index (χ1) is 15.5. The zero-order chi connectivity index (χ0) is 22.4. The summed E-state index contributed by atoms with van der Waals surface area (Å²) in [5, 5.41) is 5.27. The molecule has 0 bridgehead atoms. The number of sulfonamides is 1. The highest BCUT2D eigenvalue weighted by Gasteiger charge is 2.27. The fraction of sp³-hybridized carbons (Fsp3) is 0.545. The monoisotopic (exact) mass is 479 g/mol. The van der Waals surface area contributed by atoms with Gasteiger partial charge in [0.2, 0.25) is 15.9 Å². The molecular formula is C22H29N3O5S2. The molecule has 1 aromatic carbocycles. The molecule has 3 heterocycles. The van der Waals surface area contributed by atoms with Crippen LogP contribution in [0, 0.1) is 5.92 Å². The predicted molar refractivity (Wildman–Crippen MR) is 122 cm³/mol. The average Bonchev–Trinajstić information content (AvgIpc) is 3.51. The summed E-state index contributed by atoms with van der Waals surface area (Å²) < 4.78 is 38.9. The minimum Gasteiger partial charge on any atom is -0.381 e. The van der Waals surface area contributed by atoms with Crippen molar-refractivity contribution in [3.05, 3.63) is 41.4 Å². The van der Waals surface area contributed by atoms with Crippen molar-refractivity contribution in [3.63, 3.8) is 0 Å². The molecule has 2 atom stereocenters. The van der Waals surface area contributed by atoms with Crippen LogP contribution in [0.25, 0.3) is 0 Å². The Balaban J connectivity index is 1.47. The smallest absolute Gasteiger partial charge is 0.240 e. The maximum absolute atomic E-state index is 13.1. The Kier molecular flexibility index (Phi) is 7.90. The van der Waals surface area contributed by atoms with Gasteiger partial charge in [-0.2, -0.15) is 0 Å². The zero-order valence-corrected chi connectivity index (χ0v) is 19.5. The average molecular weight is 480 g/mol. The van der Waals surface area contributed by atoms with Gasteiger partial charge in [-0.1, -0.05) is 12.1 Å². The molecule has 174 valence electrons. The Morgan fingerprint density at radius 2 is 1.94 bits per heavy atom. The summed E-state index contributed by atoms with van der Waals surface area (Å²) in [6.45, 7) is 2.36. The van der Waals surface area contributed by atoms with E-state index in [9.17, 15) is 13.2 Å². The molecule has 2 fully saturated rings. The Bertz CT molecular complexity index is 968. The summed E-state index contributed by atoms with van der Waals surface area (Å²) in [4.78, 5) is 17.4. The lowest BCUT2D eigenvalue weighted by molar-refractivity contribution is -0.118. The van der Waals surface area contributed by atoms with Crippen molar-refractivity contribution in [2.24, 2.45) is 5.92 Å². The normalized spacial score (nSPS) is 20.8. The third-order valence-electron chi connectivity index (χ3n) is 6.01. The van der Waals surface area contributed by atoms with E-state index in [1.807, 2.05) is 5.38 Å². The highest BCUT2D eigenvalue weighted by atomic mass is 32.2. The van der Waals surface area contributed by atoms with Gasteiger partial charge in [0, 0.05) is 37.9 Å². The van der Waals surface area contributed by atoms with E-state index < -0.39 is 15.9 Å². The van der Waals surface area contributed by atoms with Gasteiger partial charge in [0.1, 0.15) is 0 Å². The van der Waals surface area contributed by atoms with Crippen molar-refractivity contribution in [1.82, 2.24) is 9.71 Å². The van der Waals surface area contributed by atoms with Gasteiger partial charge in [0.05, 0.1) is 16.9 Å². The molecule has 4 rings (SSSR count). The molecule has 1 aromatic heterocycles. The lowest BCUT2D eigenvalue weighted by Gasteiger charge is -2.26. The van der Waals surface area contributed by atoms with E-state index in [0.29, 0.717) is 37.3 Å². The molecule has 0 aliphatic carbocycles. The van der Waals surface area contributed by atoms with E-state index in [1.54, 1.807) is 30.5 Å². The lowest BCUT2D eigenvalue weighted by Crippen LogP contribution is -2.31. The Morgan fingerprint density at radius 1 is 1.16 bits per heavy atom. The van der Waals surface area contributed by atoms with Crippen LogP contribution in [-0.4, -0.2) is 51.8 Å². The summed E-state index contributed by atoms with van der Waals surface area (Å²) in [5.41, 5.74) is 0.795. The van der Waals surface area contributed by atoms with Gasteiger partial charge in [-0.25, -0.2) is 18.1 Å². The van der Waals surface area contributed by atoms with Crippen LogP contribution in [0.4, 0.5) is 5.13 Å². The molecule has 0 spiro atoms. The number of nitrogens with one attached hydrogen (secondary N) is 2. The predicted octanol–water partition coefficient (Wildman–Crippen LogP) is 3.14. The number of carbonyl (C=O) groups is 1. The number of thiazole rings is 1. The fourth-order valence-electron chi connectivity index (χ4n) is 4.16. The van der Waals surface area contributed by atoms with Crippen LogP contribution in [0.15, 0.2) is 40.7 Å². The number of benzene rings is 1. The molecule has 2 saturated heterocycles. The van der Waals surface area contributed by atoms with Crippen LogP contribution in [0.3, 0.4) is 0 Å². The minimum atomic E-state index is -3.63. The van der Waals surface area contributed by atoms with Crippen molar-refractivity contribution in [3.8, 4) is 0 Å². The molecule has 0 saturated carbocycles. The Hall–Kier alpha value is -1.85. The van der Waals surface area contributed by atoms with Crippen LogP contribution in [0.1, 0.15) is 43.6 Å². The summed E-state index contributed by atoms with van der Waals surface area (Å²) >= 11 is 1.37. The second kappa shape index (κ2) is 10.8. The lowest BCUT2D eigenvalue weighted by atomic mass is 9.84. The number of hydrogen-bond donors (Lipinski definition) is 2. The summed E-state index contributed by atoms with van der Waals surface area (Å²) in [6.07, 6.45) is 5.92. The van der Waals surface area contributed by atoms with Crippen molar-refractivity contribution < 1.29 is 22.7 Å². The second-order valence-electron chi connectivity index (χ2n) is 8.23. The number of carbonyl (C=O) groups excluding carboxylic acids is 1. The van der Waals surface area contributed by atoms with Crippen LogP contribution in [0.2, 0.25) is 0 Å². The van der Waals surface area contributed by atoms with Crippen LogP contribution in [-0.2, 0) is 24.3 Å². The molecule has 0 radical (unpaired) electrons. The maximum Gasteiger partial charge on any atom is 0.240 e. The van der Waals surface area contributed by atoms with Gasteiger partial charge in [0.15, 0.2) is 5.13 Å². The molecule has 2 N–H and O–H groups in total. The van der Waals surface area contributed by atoms with Crippen molar-refractivity contribution >= 4 is 32.4 Å². The zero-order valence-electron chi connectivity index (χ0n) is 17.9. The molecule has 10 heteroatoms. The van der Waals surface area contributed by atoms with E-state index in [2.05, 4.69) is 15.0 Å². The molecular weight excluding hydrogens is 450 g/mol. The molecule has 32 heavy (non-hydrogen) atoms. The van der Waals surface area contributed by atoms with E-state index in [4.69, 9.17) is 9.47 Å². The number of aromatic nitrogens is 1. The van der Waals surface area contributed by atoms with Crippen LogP contribution >= 0.6 is 11.3 Å². The van der Waals surface area contributed by atoms with Gasteiger partial charge in [0.25, 0.3) is 0 Å². The molecule has 8 nitrogen and oxygen atoms in total. The first-order valence-electron chi connectivity index (χ1n) is 11.0. The van der Waals surface area contributed by atoms with Crippen molar-refractivity contribution in [1.29, 1.82) is 0 Å². The van der Waals surface area contributed by atoms with Crippen LogP contribution < -0.4 is 10.0 Å². The highest BCUT2D eigenvalue weighted by molar-refractivity contribution is 7.89. The Morgan fingerprint density at radius 3 is 2.59 bits per heavy atom. The minimum absolute atomic E-state index is 0.0672. The third kappa shape index (κ3) is 6.14. The molecule has 2 unspecified atom stereocenters. The van der Waals surface area contributed by atoms with Gasteiger partial charge in [-0.05, 0) is 55.7 Å². The first-order valence-corrected chi connectivity index (χ1v) is 13.4. The van der Waals surface area contributed by atoms with Crippen LogP contribution in [0.5, 0.6) is 0 Å². The number of hydrogen-bond acceptors (Lipinski definition) is 7. The van der Waals surface area contributed by atoms with E-state index >= 15 is 0 Å². The molecule has 2 aliphatic heterocycles. The topological polar surface area (TPSA) is 107 Å². The van der Waals surface area contributed by atoms with Gasteiger partial charge >= 0.3 is 0 Å². The Labute approximate surface area is 192 Å². The molecule has 2 aromatic rings. The maximum atomic E-state index is 13.1. The molecule has 1 amide bonds. The number of ether oxygens (including phenoxy) is 2. The number of nitrogens with zero attached hydrogens (tertiary/aromatic N) is 1. The van der Waals surface area contributed by atoms with Crippen molar-refractivity contribution in [2.75, 3.05) is 31.7 Å². The van der Waals surface area contributed by atoms with E-state index in [1.165, 1.54) is 11.3 Å². The largest absolute Gasteiger partial charge is 0.381 e. The summed E-state index contributed by atoms with van der Waals surface area (Å²) in [6, 6.07) is 6.62. The van der Waals surface area contributed by atoms with Gasteiger partial charge < -0.3 is 14.8 Å². The first kappa shape index (κ1) is 23.3. The quantitative estimate of drug-likeness (QED) is 0.572. The highest BCUT2D eigenvalue weighted by Crippen LogP contribution is 2.31. The number of anilines is 1. The van der Waals surface area contributed by atoms with E-state index in [0.717, 1.165) is 31.2 Å². The summed E-state index contributed by atoms with van der Waals surface area (Å²) in [5.74, 6) is -0.135. The summed E-state index contributed by atoms with van der Waals surface area (Å²) in [7, 11) is -3.63. The van der Waals surface area contributed by atoms with Gasteiger partial charge in [-0.3, -0.25) is 4.79 Å². The van der Waals surface area contributed by atoms with Gasteiger partial charge in [-0.15, -0.1) is 11.3 Å². The third-order valence-corrected chi connectivity index (χ3v) is 8.13. The second-order valence-corrected chi connectivity index (χ2v) is 10.9. The SMILES string of the molecule is O=C(Nc1nccs1)C(CC1CCOCC1)c1ccc(S(=O)(=O)NCC2CCCO2)cc1. The number of rotatable bonds is 9. The standard InChI is InChI=1S/C22H29N3O5S2/c26-21(25-22-23-9-13-31-22)20(14-16-7-11-29-12-8-16)17-3-5-19(6-4-17)32(27,28)24-15-18-2-1-10-30-18/h3-6,9,13,16,18,20,24H,1-2,7-8,10-12,14-15H2,(H,23,25,26). The molecule has 2 aliphatic rings. The fourth-order valence-corrected chi connectivity index (χ4v) is 5.76. The van der Waals surface area contributed by atoms with Crippen molar-refractivity contribution in [2.45, 2.75) is 49.0 Å².